The Morgan fingerprint density at radius 2 is 1.64 bits per heavy atom. The number of nitrogens with zero attached hydrogens (tertiary/aromatic N) is 1. The molecule has 1 aromatic rings. The third-order valence-electron chi connectivity index (χ3n) is 6.55. The molecule has 2 atom stereocenters. The smallest absolute Gasteiger partial charge is 0.129 e. The lowest BCUT2D eigenvalue weighted by Gasteiger charge is -2.24. The van der Waals surface area contributed by atoms with E-state index in [0.717, 1.165) is 31.6 Å². The fourth-order valence-corrected chi connectivity index (χ4v) is 4.62. The summed E-state index contributed by atoms with van der Waals surface area (Å²) >= 11 is 0. The lowest BCUT2D eigenvalue weighted by atomic mass is 9.87. The molecule has 2 rings (SSSR count). The van der Waals surface area contributed by atoms with Crippen molar-refractivity contribution < 1.29 is 4.79 Å². The third kappa shape index (κ3) is 8.90. The van der Waals surface area contributed by atoms with Gasteiger partial charge in [-0.25, -0.2) is 0 Å². The van der Waals surface area contributed by atoms with E-state index in [9.17, 15) is 4.79 Å². The van der Waals surface area contributed by atoms with Gasteiger partial charge in [-0.1, -0.05) is 57.4 Å². The van der Waals surface area contributed by atoms with Gasteiger partial charge in [0.15, 0.2) is 0 Å². The largest absolute Gasteiger partial charge is 0.303 e. The number of rotatable bonds is 12. The van der Waals surface area contributed by atoms with Crippen LogP contribution in [0.15, 0.2) is 24.3 Å². The molecule has 0 amide bonds. The van der Waals surface area contributed by atoms with Gasteiger partial charge in [0.2, 0.25) is 0 Å². The molecule has 2 nitrogen and oxygen atoms in total. The highest BCUT2D eigenvalue weighted by molar-refractivity contribution is 5.75. The van der Waals surface area contributed by atoms with Crippen molar-refractivity contribution in [2.75, 3.05) is 19.6 Å². The highest BCUT2D eigenvalue weighted by Gasteiger charge is 2.15. The Kier molecular flexibility index (Phi) is 10.9. The Morgan fingerprint density at radius 3 is 2.25 bits per heavy atom. The molecule has 0 saturated carbocycles. The zero-order valence-corrected chi connectivity index (χ0v) is 18.7. The third-order valence-corrected chi connectivity index (χ3v) is 6.55. The van der Waals surface area contributed by atoms with Crippen LogP contribution >= 0.6 is 0 Å². The van der Waals surface area contributed by atoms with Gasteiger partial charge < -0.3 is 9.69 Å². The molecule has 1 saturated heterocycles. The molecule has 1 fully saturated rings. The molecule has 158 valence electrons. The summed E-state index contributed by atoms with van der Waals surface area (Å²) in [6, 6.07) is 9.09. The van der Waals surface area contributed by atoms with Gasteiger partial charge in [0.1, 0.15) is 5.78 Å². The average Bonchev–Trinajstić information content (AvgIpc) is 2.95. The van der Waals surface area contributed by atoms with Crippen LogP contribution in [0.4, 0.5) is 0 Å². The number of benzene rings is 1. The minimum absolute atomic E-state index is 0.322. The fourth-order valence-electron chi connectivity index (χ4n) is 4.62. The monoisotopic (exact) mass is 385 g/mol. The lowest BCUT2D eigenvalue weighted by molar-refractivity contribution is -0.117. The second-order valence-electron chi connectivity index (χ2n) is 9.20. The van der Waals surface area contributed by atoms with Crippen LogP contribution in [-0.4, -0.2) is 30.3 Å². The first-order valence-electron chi connectivity index (χ1n) is 11.9. The molecule has 28 heavy (non-hydrogen) atoms. The van der Waals surface area contributed by atoms with Crippen molar-refractivity contribution in [3.05, 3.63) is 35.4 Å². The number of carbonyl (C=O) groups is 1. The van der Waals surface area contributed by atoms with Crippen LogP contribution in [-0.2, 0) is 17.6 Å². The summed E-state index contributed by atoms with van der Waals surface area (Å²) < 4.78 is 0. The maximum absolute atomic E-state index is 11.2. The van der Waals surface area contributed by atoms with Crippen molar-refractivity contribution in [3.8, 4) is 0 Å². The quantitative estimate of drug-likeness (QED) is 0.411. The topological polar surface area (TPSA) is 20.3 Å². The molecule has 0 aliphatic carbocycles. The van der Waals surface area contributed by atoms with Crippen LogP contribution in [0.1, 0.15) is 89.7 Å². The minimum Gasteiger partial charge on any atom is -0.303 e. The summed E-state index contributed by atoms with van der Waals surface area (Å²) in [6.45, 7) is 10.3. The van der Waals surface area contributed by atoms with Crippen molar-refractivity contribution in [1.82, 2.24) is 4.90 Å². The van der Waals surface area contributed by atoms with Gasteiger partial charge in [0.05, 0.1) is 0 Å². The molecule has 0 aromatic heterocycles. The van der Waals surface area contributed by atoms with Crippen LogP contribution < -0.4 is 0 Å². The fraction of sp³-hybridized carbons (Fsp3) is 0.731. The van der Waals surface area contributed by atoms with E-state index in [0.29, 0.717) is 11.7 Å². The molecule has 0 radical (unpaired) electrons. The van der Waals surface area contributed by atoms with Gasteiger partial charge in [-0.2, -0.15) is 0 Å². The van der Waals surface area contributed by atoms with Crippen LogP contribution in [0, 0.1) is 11.8 Å². The number of hydrogen-bond acceptors (Lipinski definition) is 2. The molecular weight excluding hydrogens is 342 g/mol. The molecule has 1 aromatic carbocycles. The SMILES string of the molecule is CCC(CCN1CCCCCC1)Cc1ccccc1CC(C)CCCC(C)=O. The van der Waals surface area contributed by atoms with E-state index in [1.54, 1.807) is 12.5 Å². The second kappa shape index (κ2) is 13.1. The Bertz CT molecular complexity index is 559. The number of likely N-dealkylation sites (tertiary alicyclic amines) is 1. The second-order valence-corrected chi connectivity index (χ2v) is 9.20. The van der Waals surface area contributed by atoms with Gasteiger partial charge in [-0.05, 0) is 94.5 Å². The molecule has 1 heterocycles. The van der Waals surface area contributed by atoms with Gasteiger partial charge >= 0.3 is 0 Å². The van der Waals surface area contributed by atoms with Crippen molar-refractivity contribution >= 4 is 5.78 Å². The van der Waals surface area contributed by atoms with Crippen LogP contribution in [0.25, 0.3) is 0 Å². The van der Waals surface area contributed by atoms with Gasteiger partial charge in [-0.3, -0.25) is 0 Å². The summed E-state index contributed by atoms with van der Waals surface area (Å²) in [4.78, 5) is 13.9. The molecule has 1 aliphatic heterocycles. The zero-order valence-electron chi connectivity index (χ0n) is 18.7. The predicted octanol–water partition coefficient (Wildman–Crippen LogP) is 6.46. The highest BCUT2D eigenvalue weighted by Crippen LogP contribution is 2.23. The van der Waals surface area contributed by atoms with Gasteiger partial charge in [0, 0.05) is 6.42 Å². The van der Waals surface area contributed by atoms with Gasteiger partial charge in [0.25, 0.3) is 0 Å². The Hall–Kier alpha value is -1.15. The van der Waals surface area contributed by atoms with Crippen LogP contribution in [0.3, 0.4) is 0 Å². The van der Waals surface area contributed by atoms with Crippen molar-refractivity contribution in [2.24, 2.45) is 11.8 Å². The Morgan fingerprint density at radius 1 is 1.00 bits per heavy atom. The van der Waals surface area contributed by atoms with E-state index in [2.05, 4.69) is 43.0 Å². The van der Waals surface area contributed by atoms with E-state index in [1.807, 2.05) is 0 Å². The van der Waals surface area contributed by atoms with E-state index in [-0.39, 0.29) is 0 Å². The number of hydrogen-bond donors (Lipinski definition) is 0. The van der Waals surface area contributed by atoms with E-state index >= 15 is 0 Å². The zero-order chi connectivity index (χ0) is 20.2. The molecule has 0 N–H and O–H groups in total. The summed E-state index contributed by atoms with van der Waals surface area (Å²) in [5.74, 6) is 1.76. The molecule has 0 spiro atoms. The molecule has 2 unspecified atom stereocenters. The first kappa shape index (κ1) is 23.1. The normalized spacial score (nSPS) is 17.8. The number of carbonyl (C=O) groups excluding carboxylic acids is 1. The van der Waals surface area contributed by atoms with Crippen molar-refractivity contribution in [2.45, 2.75) is 91.4 Å². The first-order chi connectivity index (χ1) is 13.6. The Labute approximate surface area is 174 Å². The average molecular weight is 386 g/mol. The van der Waals surface area contributed by atoms with Crippen LogP contribution in [0.2, 0.25) is 0 Å². The summed E-state index contributed by atoms with van der Waals surface area (Å²) in [5, 5.41) is 0. The number of Topliss-reactive ketones (excluding diaryl/α,β-unsaturated/α-hetero) is 1. The minimum atomic E-state index is 0.322. The van der Waals surface area contributed by atoms with Crippen LogP contribution in [0.5, 0.6) is 0 Å². The maximum atomic E-state index is 11.2. The molecule has 1 aliphatic rings. The predicted molar refractivity (Wildman–Crippen MR) is 121 cm³/mol. The summed E-state index contributed by atoms with van der Waals surface area (Å²) in [5.41, 5.74) is 3.09. The maximum Gasteiger partial charge on any atom is 0.129 e. The van der Waals surface area contributed by atoms with Gasteiger partial charge in [-0.15, -0.1) is 0 Å². The van der Waals surface area contributed by atoms with E-state index in [1.165, 1.54) is 70.1 Å². The lowest BCUT2D eigenvalue weighted by Crippen LogP contribution is -2.27. The summed E-state index contributed by atoms with van der Waals surface area (Å²) in [7, 11) is 0. The molecule has 2 heteroatoms. The van der Waals surface area contributed by atoms with E-state index < -0.39 is 0 Å². The highest BCUT2D eigenvalue weighted by atomic mass is 16.1. The van der Waals surface area contributed by atoms with Crippen molar-refractivity contribution in [1.29, 1.82) is 0 Å². The standard InChI is InChI=1S/C26H43NO/c1-4-24(16-19-27-17-9-5-6-10-18-27)21-26-15-8-7-14-25(26)20-22(2)12-11-13-23(3)28/h7-8,14-15,22,24H,4-6,9-13,16-21H2,1-3H3. The molecular formula is C26H43NO. The van der Waals surface area contributed by atoms with Crippen molar-refractivity contribution in [3.63, 3.8) is 0 Å². The van der Waals surface area contributed by atoms with E-state index in [4.69, 9.17) is 0 Å². The summed E-state index contributed by atoms with van der Waals surface area (Å²) in [6.07, 6.45) is 13.5. The molecule has 0 bridgehead atoms. The Balaban J connectivity index is 1.86. The number of ketones is 1. The first-order valence-corrected chi connectivity index (χ1v) is 11.9.